The van der Waals surface area contributed by atoms with Crippen LogP contribution in [0.1, 0.15) is 72.6 Å². The van der Waals surface area contributed by atoms with Crippen molar-refractivity contribution in [1.29, 1.82) is 0 Å². The van der Waals surface area contributed by atoms with Crippen LogP contribution >= 0.6 is 0 Å². The molecule has 0 bridgehead atoms. The Bertz CT molecular complexity index is 324. The molecule has 4 heteroatoms. The van der Waals surface area contributed by atoms with E-state index in [0.29, 0.717) is 11.8 Å². The fraction of sp³-hybridized carbons (Fsp3) is 0.882. The van der Waals surface area contributed by atoms with Crippen LogP contribution in [-0.4, -0.2) is 24.2 Å². The molecule has 21 heavy (non-hydrogen) atoms. The highest BCUT2D eigenvalue weighted by atomic mass is 16.1. The Labute approximate surface area is 129 Å². The van der Waals surface area contributed by atoms with Gasteiger partial charge in [-0.25, -0.2) is 19.6 Å². The summed E-state index contributed by atoms with van der Waals surface area (Å²) in [5, 5.41) is 0. The van der Waals surface area contributed by atoms with E-state index in [-0.39, 0.29) is 12.1 Å². The quantitative estimate of drug-likeness (QED) is 0.394. The summed E-state index contributed by atoms with van der Waals surface area (Å²) in [5.41, 5.74) is 0. The van der Waals surface area contributed by atoms with Gasteiger partial charge in [-0.15, -0.1) is 0 Å². The fourth-order valence-corrected chi connectivity index (χ4v) is 2.75. The summed E-state index contributed by atoms with van der Waals surface area (Å²) in [6.07, 6.45) is 10.6. The molecule has 0 aromatic heterocycles. The molecule has 0 aliphatic carbocycles. The van der Waals surface area contributed by atoms with Gasteiger partial charge in [-0.3, -0.25) is 0 Å². The van der Waals surface area contributed by atoms with E-state index in [1.807, 2.05) is 0 Å². The zero-order valence-corrected chi connectivity index (χ0v) is 14.0. The monoisotopic (exact) mass is 294 g/mol. The molecule has 0 saturated carbocycles. The molecule has 0 aliphatic rings. The summed E-state index contributed by atoms with van der Waals surface area (Å²) in [5.74, 6) is 1.16. The minimum Gasteiger partial charge on any atom is -0.211 e. The van der Waals surface area contributed by atoms with Crippen molar-refractivity contribution in [2.24, 2.45) is 21.8 Å². The smallest absolute Gasteiger partial charge is 0.211 e. The average molecular weight is 294 g/mol. The van der Waals surface area contributed by atoms with Crippen molar-refractivity contribution in [2.75, 3.05) is 0 Å². The van der Waals surface area contributed by atoms with Crippen LogP contribution in [0.2, 0.25) is 0 Å². The molecule has 0 heterocycles. The molecule has 0 spiro atoms. The maximum absolute atomic E-state index is 10.3. The molecule has 0 amide bonds. The summed E-state index contributed by atoms with van der Waals surface area (Å²) in [7, 11) is 0. The predicted molar refractivity (Wildman–Crippen MR) is 85.8 cm³/mol. The van der Waals surface area contributed by atoms with Crippen LogP contribution in [0.5, 0.6) is 0 Å². The largest absolute Gasteiger partial charge is 0.235 e. The van der Waals surface area contributed by atoms with Crippen molar-refractivity contribution < 1.29 is 9.59 Å². The Hall–Kier alpha value is -1.24. The fourth-order valence-electron chi connectivity index (χ4n) is 2.75. The average Bonchev–Trinajstić information content (AvgIpc) is 2.46. The highest BCUT2D eigenvalue weighted by Crippen LogP contribution is 2.22. The molecule has 4 unspecified atom stereocenters. The minimum absolute atomic E-state index is 0.126. The van der Waals surface area contributed by atoms with Crippen LogP contribution in [0.4, 0.5) is 0 Å². The third-order valence-corrected chi connectivity index (χ3v) is 4.16. The van der Waals surface area contributed by atoms with Gasteiger partial charge in [-0.2, -0.15) is 0 Å². The maximum atomic E-state index is 10.3. The standard InChI is InChI=1S/C17H30N2O2/c1-5-16(18-12-20)10-14(3)8-7-9-15(4)11-17(6-2)19-13-21/h14-17H,5-11H2,1-4H3. The Morgan fingerprint density at radius 2 is 1.19 bits per heavy atom. The van der Waals surface area contributed by atoms with Crippen LogP contribution in [-0.2, 0) is 9.59 Å². The van der Waals surface area contributed by atoms with Gasteiger partial charge in [0.2, 0.25) is 12.2 Å². The lowest BCUT2D eigenvalue weighted by Gasteiger charge is -2.18. The third-order valence-electron chi connectivity index (χ3n) is 4.16. The topological polar surface area (TPSA) is 58.9 Å². The van der Waals surface area contributed by atoms with Gasteiger partial charge in [-0.05, 0) is 37.5 Å². The molecule has 0 N–H and O–H groups in total. The predicted octanol–water partition coefficient (Wildman–Crippen LogP) is 4.44. The van der Waals surface area contributed by atoms with Gasteiger partial charge in [0.25, 0.3) is 0 Å². The van der Waals surface area contributed by atoms with E-state index in [9.17, 15) is 9.59 Å². The summed E-state index contributed by atoms with van der Waals surface area (Å²) < 4.78 is 0. The third kappa shape index (κ3) is 10.2. The Balaban J connectivity index is 3.96. The van der Waals surface area contributed by atoms with Crippen LogP contribution in [0.3, 0.4) is 0 Å². The van der Waals surface area contributed by atoms with E-state index in [1.165, 1.54) is 6.42 Å². The lowest BCUT2D eigenvalue weighted by Crippen LogP contribution is -2.11. The maximum Gasteiger partial charge on any atom is 0.235 e. The highest BCUT2D eigenvalue weighted by molar-refractivity contribution is 5.33. The second-order valence-corrected chi connectivity index (χ2v) is 6.18. The lowest BCUT2D eigenvalue weighted by molar-refractivity contribution is 0.372. The first kappa shape index (κ1) is 19.8. The Morgan fingerprint density at radius 3 is 1.48 bits per heavy atom. The summed E-state index contributed by atoms with van der Waals surface area (Å²) in [4.78, 5) is 28.3. The molecule has 0 rings (SSSR count). The molecule has 0 saturated heterocycles. The number of carbonyl (C=O) groups excluding carboxylic acids is 2. The molecule has 4 atom stereocenters. The first-order valence-electron chi connectivity index (χ1n) is 8.21. The lowest BCUT2D eigenvalue weighted by atomic mass is 9.90. The first-order valence-corrected chi connectivity index (χ1v) is 8.21. The number of aliphatic imine (C=N–C) groups is 2. The molecular weight excluding hydrogens is 264 g/mol. The highest BCUT2D eigenvalue weighted by Gasteiger charge is 2.13. The molecule has 120 valence electrons. The molecule has 0 aromatic carbocycles. The van der Waals surface area contributed by atoms with E-state index in [0.717, 1.165) is 38.5 Å². The number of hydrogen-bond acceptors (Lipinski definition) is 4. The van der Waals surface area contributed by atoms with Gasteiger partial charge in [0.15, 0.2) is 0 Å². The van der Waals surface area contributed by atoms with Crippen LogP contribution in [0, 0.1) is 11.8 Å². The second-order valence-electron chi connectivity index (χ2n) is 6.18. The molecule has 0 radical (unpaired) electrons. The molecule has 4 nitrogen and oxygen atoms in total. The number of nitrogens with zero attached hydrogens (tertiary/aromatic N) is 2. The number of hydrogen-bond donors (Lipinski definition) is 0. The number of rotatable bonds is 12. The summed E-state index contributed by atoms with van der Waals surface area (Å²) in [6.45, 7) is 8.55. The van der Waals surface area contributed by atoms with Crippen molar-refractivity contribution in [3.05, 3.63) is 0 Å². The molecule has 0 aliphatic heterocycles. The van der Waals surface area contributed by atoms with Gasteiger partial charge in [-0.1, -0.05) is 47.0 Å². The zero-order valence-electron chi connectivity index (χ0n) is 14.0. The summed E-state index contributed by atoms with van der Waals surface area (Å²) >= 11 is 0. The Morgan fingerprint density at radius 1 is 0.810 bits per heavy atom. The van der Waals surface area contributed by atoms with Crippen molar-refractivity contribution in [1.82, 2.24) is 0 Å². The van der Waals surface area contributed by atoms with Gasteiger partial charge in [0.05, 0.1) is 12.1 Å². The Kier molecular flexibility index (Phi) is 11.8. The zero-order chi connectivity index (χ0) is 16.1. The van der Waals surface area contributed by atoms with E-state index in [4.69, 9.17) is 0 Å². The molecule has 0 fully saturated rings. The first-order chi connectivity index (χ1) is 10.1. The number of isocyanates is 2. The summed E-state index contributed by atoms with van der Waals surface area (Å²) in [6, 6.07) is 0.252. The van der Waals surface area contributed by atoms with Crippen LogP contribution in [0.25, 0.3) is 0 Å². The van der Waals surface area contributed by atoms with Crippen LogP contribution in [0.15, 0.2) is 9.98 Å². The molecular formula is C17H30N2O2. The van der Waals surface area contributed by atoms with E-state index >= 15 is 0 Å². The van der Waals surface area contributed by atoms with Crippen molar-refractivity contribution >= 4 is 12.2 Å². The van der Waals surface area contributed by atoms with Gasteiger partial charge < -0.3 is 0 Å². The SMILES string of the molecule is CCC(CC(C)CCCC(C)CC(CC)N=C=O)N=C=O. The minimum atomic E-state index is 0.126. The van der Waals surface area contributed by atoms with Gasteiger partial charge >= 0.3 is 0 Å². The van der Waals surface area contributed by atoms with E-state index in [2.05, 4.69) is 37.7 Å². The van der Waals surface area contributed by atoms with Crippen LogP contribution < -0.4 is 0 Å². The van der Waals surface area contributed by atoms with Gasteiger partial charge in [0, 0.05) is 0 Å². The normalized spacial score (nSPS) is 16.2. The van der Waals surface area contributed by atoms with E-state index < -0.39 is 0 Å². The van der Waals surface area contributed by atoms with Crippen molar-refractivity contribution in [3.8, 4) is 0 Å². The van der Waals surface area contributed by atoms with Gasteiger partial charge in [0.1, 0.15) is 0 Å². The van der Waals surface area contributed by atoms with E-state index in [1.54, 1.807) is 12.2 Å². The van der Waals surface area contributed by atoms with Crippen molar-refractivity contribution in [3.63, 3.8) is 0 Å². The second kappa shape index (κ2) is 12.5. The van der Waals surface area contributed by atoms with Crippen molar-refractivity contribution in [2.45, 2.75) is 84.7 Å². The molecule has 0 aromatic rings.